The van der Waals surface area contributed by atoms with Gasteiger partial charge in [-0.15, -0.1) is 0 Å². The molecule has 2 fully saturated rings. The first-order valence-electron chi connectivity index (χ1n) is 26.9. The molecule has 0 aliphatic carbocycles. The topological polar surface area (TPSA) is 228 Å². The highest BCUT2D eigenvalue weighted by atomic mass is 16.7. The van der Waals surface area contributed by atoms with Gasteiger partial charge in [-0.05, 0) is 64.2 Å². The van der Waals surface area contributed by atoms with Gasteiger partial charge in [-0.1, -0.05) is 172 Å². The first kappa shape index (κ1) is 62.1. The second-order valence-corrected chi connectivity index (χ2v) is 19.0. The lowest BCUT2D eigenvalue weighted by Crippen LogP contribution is -2.65. The molecule has 9 N–H and O–H groups in total. The van der Waals surface area contributed by atoms with E-state index in [0.717, 1.165) is 44.9 Å². The minimum absolute atomic E-state index is 0.256. The zero-order valence-corrected chi connectivity index (χ0v) is 42.1. The van der Waals surface area contributed by atoms with Gasteiger partial charge in [0.25, 0.3) is 0 Å². The average Bonchev–Trinajstić information content (AvgIpc) is 3.34. The SMILES string of the molecule is CCCCC/C=C\C/C=C\CCCCCCCCCCCC(=O)NC(COC1OC(CO)C(OC2OC(CO)C(O)C(O)C2O)C(O)C1O)C(O)/C=C/CC/C=C/CCCCCCCCCCC. The highest BCUT2D eigenvalue weighted by molar-refractivity contribution is 5.76. The van der Waals surface area contributed by atoms with Crippen LogP contribution in [0.3, 0.4) is 0 Å². The molecule has 14 heteroatoms. The maximum Gasteiger partial charge on any atom is 0.220 e. The van der Waals surface area contributed by atoms with Crippen molar-refractivity contribution in [1.29, 1.82) is 0 Å². The molecule has 0 aromatic heterocycles. The molecule has 12 atom stereocenters. The van der Waals surface area contributed by atoms with E-state index in [1.165, 1.54) is 116 Å². The second kappa shape index (κ2) is 40.5. The average molecular weight is 968 g/mol. The van der Waals surface area contributed by atoms with Crippen molar-refractivity contribution >= 4 is 5.91 Å². The normalized spacial score (nSPS) is 26.7. The molecule has 0 saturated carbocycles. The molecule has 2 aliphatic rings. The maximum atomic E-state index is 13.2. The Morgan fingerprint density at radius 3 is 1.56 bits per heavy atom. The minimum Gasteiger partial charge on any atom is -0.394 e. The highest BCUT2D eigenvalue weighted by Gasteiger charge is 2.51. The molecule has 0 aromatic carbocycles. The van der Waals surface area contributed by atoms with Gasteiger partial charge < -0.3 is 65.1 Å². The molecule has 0 spiro atoms. The van der Waals surface area contributed by atoms with Crippen molar-refractivity contribution in [2.24, 2.45) is 0 Å². The Kier molecular flexibility index (Phi) is 37.0. The van der Waals surface area contributed by atoms with Gasteiger partial charge >= 0.3 is 0 Å². The van der Waals surface area contributed by atoms with Crippen LogP contribution >= 0.6 is 0 Å². The van der Waals surface area contributed by atoms with E-state index >= 15 is 0 Å². The molecule has 12 unspecified atom stereocenters. The van der Waals surface area contributed by atoms with Crippen LogP contribution in [0.2, 0.25) is 0 Å². The van der Waals surface area contributed by atoms with E-state index in [9.17, 15) is 45.6 Å². The van der Waals surface area contributed by atoms with E-state index in [0.29, 0.717) is 12.8 Å². The molecule has 0 bridgehead atoms. The number of hydrogen-bond acceptors (Lipinski definition) is 13. The standard InChI is InChI=1S/C54H97NO13/c1-3-5-7-9-11-13-15-17-19-20-21-22-24-26-28-30-32-34-36-38-46(59)55-42(43(58)37-35-33-31-29-27-25-23-18-16-14-12-10-8-6-4-2)41-65-53-51(64)49(62)52(45(40-57)67-53)68-54-50(63)48(61)47(60)44(39-56)66-54/h11,13,17,19,27,29,35,37,42-45,47-54,56-58,60-64H,3-10,12,14-16,18,20-26,28,30-34,36,38-41H2,1-2H3,(H,55,59)/b13-11-,19-17-,29-27+,37-35+. The van der Waals surface area contributed by atoms with Crippen molar-refractivity contribution in [1.82, 2.24) is 5.32 Å². The molecule has 14 nitrogen and oxygen atoms in total. The van der Waals surface area contributed by atoms with E-state index in [1.54, 1.807) is 6.08 Å². The lowest BCUT2D eigenvalue weighted by molar-refractivity contribution is -0.359. The molecular formula is C54H97NO13. The van der Waals surface area contributed by atoms with Crippen LogP contribution in [0.15, 0.2) is 48.6 Å². The lowest BCUT2D eigenvalue weighted by Gasteiger charge is -2.46. The summed E-state index contributed by atoms with van der Waals surface area (Å²) < 4.78 is 22.7. The van der Waals surface area contributed by atoms with Crippen LogP contribution in [-0.2, 0) is 23.7 Å². The number of allylic oxidation sites excluding steroid dienone is 7. The monoisotopic (exact) mass is 968 g/mol. The van der Waals surface area contributed by atoms with Crippen LogP contribution in [0.4, 0.5) is 0 Å². The summed E-state index contributed by atoms with van der Waals surface area (Å²) in [6.07, 6.45) is 31.4. The molecule has 1 amide bonds. The smallest absolute Gasteiger partial charge is 0.220 e. The van der Waals surface area contributed by atoms with Gasteiger partial charge in [0.2, 0.25) is 5.91 Å². The van der Waals surface area contributed by atoms with Crippen LogP contribution in [-0.4, -0.2) is 140 Å². The van der Waals surface area contributed by atoms with E-state index in [1.807, 2.05) is 6.08 Å². The number of aliphatic hydroxyl groups is 8. The van der Waals surface area contributed by atoms with Crippen molar-refractivity contribution in [2.75, 3.05) is 19.8 Å². The first-order chi connectivity index (χ1) is 33.1. The summed E-state index contributed by atoms with van der Waals surface area (Å²) in [5.41, 5.74) is 0. The number of ether oxygens (including phenoxy) is 4. The van der Waals surface area contributed by atoms with Gasteiger partial charge in [0.1, 0.15) is 48.8 Å². The third-order valence-corrected chi connectivity index (χ3v) is 13.0. The molecule has 2 saturated heterocycles. The number of carbonyl (C=O) groups excluding carboxylic acids is 1. The predicted octanol–water partition coefficient (Wildman–Crippen LogP) is 7.66. The van der Waals surface area contributed by atoms with Gasteiger partial charge in [0.15, 0.2) is 12.6 Å². The van der Waals surface area contributed by atoms with E-state index in [4.69, 9.17) is 18.9 Å². The Bertz CT molecular complexity index is 1330. The van der Waals surface area contributed by atoms with Crippen molar-refractivity contribution in [3.8, 4) is 0 Å². The van der Waals surface area contributed by atoms with E-state index in [-0.39, 0.29) is 18.9 Å². The fraction of sp³-hybridized carbons (Fsp3) is 0.833. The van der Waals surface area contributed by atoms with E-state index in [2.05, 4.69) is 55.6 Å². The number of carbonyl (C=O) groups is 1. The Morgan fingerprint density at radius 1 is 0.529 bits per heavy atom. The molecule has 0 aromatic rings. The predicted molar refractivity (Wildman–Crippen MR) is 267 cm³/mol. The van der Waals surface area contributed by atoms with Gasteiger partial charge in [-0.2, -0.15) is 0 Å². The third kappa shape index (κ3) is 27.0. The van der Waals surface area contributed by atoms with Crippen molar-refractivity contribution in [3.05, 3.63) is 48.6 Å². The number of aliphatic hydroxyl groups excluding tert-OH is 8. The van der Waals surface area contributed by atoms with Crippen LogP contribution in [0, 0.1) is 0 Å². The number of hydrogen-bond donors (Lipinski definition) is 9. The fourth-order valence-electron chi connectivity index (χ4n) is 8.57. The second-order valence-electron chi connectivity index (χ2n) is 19.0. The molecule has 0 radical (unpaired) electrons. The summed E-state index contributed by atoms with van der Waals surface area (Å²) >= 11 is 0. The summed E-state index contributed by atoms with van der Waals surface area (Å²) in [4.78, 5) is 13.2. The van der Waals surface area contributed by atoms with Crippen LogP contribution in [0.25, 0.3) is 0 Å². The lowest BCUT2D eigenvalue weighted by atomic mass is 9.97. The van der Waals surface area contributed by atoms with Crippen LogP contribution in [0.1, 0.15) is 194 Å². The van der Waals surface area contributed by atoms with Crippen molar-refractivity contribution in [2.45, 2.75) is 267 Å². The van der Waals surface area contributed by atoms with Crippen molar-refractivity contribution in [3.63, 3.8) is 0 Å². The van der Waals surface area contributed by atoms with Gasteiger partial charge in [0.05, 0.1) is 32.0 Å². The first-order valence-corrected chi connectivity index (χ1v) is 26.9. The summed E-state index contributed by atoms with van der Waals surface area (Å²) in [5, 5.41) is 86.8. The summed E-state index contributed by atoms with van der Waals surface area (Å²) in [6, 6.07) is -0.933. The minimum atomic E-state index is -1.79. The largest absolute Gasteiger partial charge is 0.394 e. The van der Waals surface area contributed by atoms with E-state index < -0.39 is 86.8 Å². The highest BCUT2D eigenvalue weighted by Crippen LogP contribution is 2.30. The number of nitrogens with one attached hydrogen (secondary N) is 1. The summed E-state index contributed by atoms with van der Waals surface area (Å²) in [5.74, 6) is -0.256. The molecule has 2 rings (SSSR count). The van der Waals surface area contributed by atoms with Gasteiger partial charge in [0, 0.05) is 6.42 Å². The van der Waals surface area contributed by atoms with Crippen LogP contribution in [0.5, 0.6) is 0 Å². The molecule has 68 heavy (non-hydrogen) atoms. The fourth-order valence-corrected chi connectivity index (χ4v) is 8.57. The zero-order chi connectivity index (χ0) is 49.6. The molecule has 396 valence electrons. The third-order valence-electron chi connectivity index (χ3n) is 13.0. The Hall–Kier alpha value is -2.05. The number of unbranched alkanes of at least 4 members (excludes halogenated alkanes) is 22. The van der Waals surface area contributed by atoms with Crippen LogP contribution < -0.4 is 5.32 Å². The van der Waals surface area contributed by atoms with Gasteiger partial charge in [-0.25, -0.2) is 0 Å². The summed E-state index contributed by atoms with van der Waals surface area (Å²) in [7, 11) is 0. The van der Waals surface area contributed by atoms with Crippen molar-refractivity contribution < 1.29 is 64.6 Å². The number of amides is 1. The zero-order valence-electron chi connectivity index (χ0n) is 42.1. The Balaban J connectivity index is 1.84. The quantitative estimate of drug-likeness (QED) is 0.0212. The number of rotatable bonds is 41. The summed E-state index contributed by atoms with van der Waals surface area (Å²) in [6.45, 7) is 2.73. The Morgan fingerprint density at radius 2 is 0.985 bits per heavy atom. The maximum absolute atomic E-state index is 13.2. The molecule has 2 heterocycles. The van der Waals surface area contributed by atoms with Gasteiger partial charge in [-0.3, -0.25) is 4.79 Å². The molecule has 2 aliphatic heterocycles. The molecular weight excluding hydrogens is 871 g/mol. The Labute approximate surface area is 410 Å².